The molecule has 0 aromatic heterocycles. The minimum atomic E-state index is -0.370. The zero-order valence-corrected chi connectivity index (χ0v) is 13.8. The Kier molecular flexibility index (Phi) is 3.70. The third-order valence-corrected chi connectivity index (χ3v) is 4.78. The molecule has 2 aromatic carbocycles. The fraction of sp³-hybridized carbons (Fsp3) is 0.0588. The summed E-state index contributed by atoms with van der Waals surface area (Å²) in [7, 11) is 0. The van der Waals surface area contributed by atoms with Gasteiger partial charge in [0.05, 0.1) is 15.6 Å². The summed E-state index contributed by atoms with van der Waals surface area (Å²) >= 11 is 7.11. The van der Waals surface area contributed by atoms with Crippen LogP contribution in [0.2, 0.25) is 5.02 Å². The van der Waals surface area contributed by atoms with Crippen LogP contribution in [-0.4, -0.2) is 17.9 Å². The average molecular weight is 360 g/mol. The minimum absolute atomic E-state index is 0.139. The van der Waals surface area contributed by atoms with Crippen LogP contribution >= 0.6 is 23.4 Å². The molecule has 120 valence electrons. The van der Waals surface area contributed by atoms with Crippen LogP contribution in [0, 0.1) is 0 Å². The Hall–Kier alpha value is -2.44. The Bertz CT molecular complexity index is 882. The maximum absolute atomic E-state index is 12.6. The van der Waals surface area contributed by atoms with Gasteiger partial charge < -0.3 is 9.47 Å². The number of hydrogen-bond acceptors (Lipinski definition) is 5. The molecule has 2 heterocycles. The highest BCUT2D eigenvalue weighted by Gasteiger charge is 2.36. The Labute approximate surface area is 146 Å². The number of amides is 2. The van der Waals surface area contributed by atoms with Crippen LogP contribution in [0.3, 0.4) is 0 Å². The molecule has 0 aliphatic carbocycles. The van der Waals surface area contributed by atoms with Gasteiger partial charge in [0, 0.05) is 6.07 Å². The molecule has 7 heteroatoms. The molecule has 0 spiro atoms. The zero-order valence-electron chi connectivity index (χ0n) is 12.2. The molecule has 4 rings (SSSR count). The fourth-order valence-corrected chi connectivity index (χ4v) is 3.49. The molecule has 0 bridgehead atoms. The lowest BCUT2D eigenvalue weighted by Crippen LogP contribution is -2.27. The number of carbonyl (C=O) groups excluding carboxylic acids is 2. The Morgan fingerprint density at radius 2 is 1.79 bits per heavy atom. The second-order valence-corrected chi connectivity index (χ2v) is 6.48. The molecule has 0 N–H and O–H groups in total. The van der Waals surface area contributed by atoms with Crippen molar-refractivity contribution in [3.05, 3.63) is 58.0 Å². The Balaban J connectivity index is 1.70. The number of para-hydroxylation sites is 1. The van der Waals surface area contributed by atoms with Crippen LogP contribution in [0.1, 0.15) is 5.56 Å². The number of fused-ring (bicyclic) bond motifs is 1. The third kappa shape index (κ3) is 2.53. The average Bonchev–Trinajstić information content (AvgIpc) is 3.13. The van der Waals surface area contributed by atoms with Gasteiger partial charge in [-0.1, -0.05) is 29.8 Å². The van der Waals surface area contributed by atoms with Crippen molar-refractivity contribution in [2.24, 2.45) is 0 Å². The van der Waals surface area contributed by atoms with Crippen LogP contribution in [0.5, 0.6) is 11.5 Å². The summed E-state index contributed by atoms with van der Waals surface area (Å²) in [4.78, 5) is 26.3. The van der Waals surface area contributed by atoms with Gasteiger partial charge in [0.25, 0.3) is 11.1 Å². The molecule has 0 unspecified atom stereocenters. The van der Waals surface area contributed by atoms with Crippen LogP contribution in [0.4, 0.5) is 10.5 Å². The molecule has 2 amide bonds. The van der Waals surface area contributed by atoms with E-state index in [1.54, 1.807) is 42.5 Å². The van der Waals surface area contributed by atoms with E-state index in [1.165, 1.54) is 0 Å². The van der Waals surface area contributed by atoms with E-state index < -0.39 is 0 Å². The number of anilines is 1. The molecular weight excluding hydrogens is 350 g/mol. The van der Waals surface area contributed by atoms with E-state index in [9.17, 15) is 9.59 Å². The number of nitrogens with zero attached hydrogens (tertiary/aromatic N) is 1. The van der Waals surface area contributed by atoms with Crippen molar-refractivity contribution in [3.63, 3.8) is 0 Å². The van der Waals surface area contributed by atoms with Crippen LogP contribution in [-0.2, 0) is 4.79 Å². The van der Waals surface area contributed by atoms with E-state index in [0.717, 1.165) is 16.7 Å². The highest BCUT2D eigenvalue weighted by Crippen LogP contribution is 2.40. The molecule has 2 aliphatic rings. The lowest BCUT2D eigenvalue weighted by atomic mass is 10.1. The number of benzene rings is 2. The van der Waals surface area contributed by atoms with Crippen LogP contribution in [0.25, 0.3) is 6.08 Å². The summed E-state index contributed by atoms with van der Waals surface area (Å²) in [6.07, 6.45) is 1.60. The first kappa shape index (κ1) is 15.1. The molecule has 1 saturated heterocycles. The molecule has 1 fully saturated rings. The summed E-state index contributed by atoms with van der Waals surface area (Å²) in [5, 5.41) is 0.0834. The molecule has 2 aromatic rings. The number of carbonyl (C=O) groups is 2. The Morgan fingerprint density at radius 3 is 2.54 bits per heavy atom. The smallest absolute Gasteiger partial charge is 0.298 e. The van der Waals surface area contributed by atoms with E-state index in [4.69, 9.17) is 21.1 Å². The van der Waals surface area contributed by atoms with Crippen molar-refractivity contribution in [3.8, 4) is 11.5 Å². The summed E-state index contributed by atoms with van der Waals surface area (Å²) in [6, 6.07) is 12.1. The highest BCUT2D eigenvalue weighted by atomic mass is 35.5. The number of halogens is 1. The molecule has 2 aliphatic heterocycles. The van der Waals surface area contributed by atoms with Gasteiger partial charge in [0.2, 0.25) is 6.79 Å². The Morgan fingerprint density at radius 1 is 1.08 bits per heavy atom. The fourth-order valence-electron chi connectivity index (χ4n) is 2.45. The maximum Gasteiger partial charge on any atom is 0.298 e. The third-order valence-electron chi connectivity index (χ3n) is 3.59. The first-order chi connectivity index (χ1) is 11.6. The van der Waals surface area contributed by atoms with Gasteiger partial charge in [-0.05, 0) is 41.6 Å². The van der Waals surface area contributed by atoms with Crippen molar-refractivity contribution in [2.75, 3.05) is 11.7 Å². The number of hydrogen-bond donors (Lipinski definition) is 0. The quantitative estimate of drug-likeness (QED) is 0.748. The van der Waals surface area contributed by atoms with Crippen molar-refractivity contribution in [1.29, 1.82) is 0 Å². The number of thioether (sulfide) groups is 1. The number of imide groups is 1. The van der Waals surface area contributed by atoms with E-state index in [0.29, 0.717) is 32.7 Å². The van der Waals surface area contributed by atoms with Crippen molar-refractivity contribution in [1.82, 2.24) is 0 Å². The molecule has 0 radical (unpaired) electrons. The molecule has 0 atom stereocenters. The van der Waals surface area contributed by atoms with Gasteiger partial charge in [-0.15, -0.1) is 0 Å². The second-order valence-electron chi connectivity index (χ2n) is 5.08. The molecular formula is C17H10ClNO4S. The van der Waals surface area contributed by atoms with Gasteiger partial charge in [-0.3, -0.25) is 9.59 Å². The predicted molar refractivity (Wildman–Crippen MR) is 92.5 cm³/mol. The SMILES string of the molecule is O=C1S/C(=C\c2cc3c(cc2Cl)OCO3)C(=O)N1c1ccccc1. The van der Waals surface area contributed by atoms with Gasteiger partial charge >= 0.3 is 0 Å². The van der Waals surface area contributed by atoms with Gasteiger partial charge in [-0.25, -0.2) is 4.90 Å². The summed E-state index contributed by atoms with van der Waals surface area (Å²) in [5.41, 5.74) is 1.14. The lowest BCUT2D eigenvalue weighted by molar-refractivity contribution is -0.113. The predicted octanol–water partition coefficient (Wildman–Crippen LogP) is 4.31. The van der Waals surface area contributed by atoms with Crippen molar-refractivity contribution < 1.29 is 19.1 Å². The van der Waals surface area contributed by atoms with Crippen LogP contribution < -0.4 is 14.4 Å². The highest BCUT2D eigenvalue weighted by molar-refractivity contribution is 8.19. The minimum Gasteiger partial charge on any atom is -0.454 e. The first-order valence-electron chi connectivity index (χ1n) is 7.05. The maximum atomic E-state index is 12.6. The van der Waals surface area contributed by atoms with Gasteiger partial charge in [0.15, 0.2) is 11.5 Å². The standard InChI is InChI=1S/C17H10ClNO4S/c18-12-8-14-13(22-9-23-14)6-10(12)7-15-16(20)19(17(21)24-15)11-4-2-1-3-5-11/h1-8H,9H2/b15-7-. The molecule has 0 saturated carbocycles. The monoisotopic (exact) mass is 359 g/mol. The number of ether oxygens (including phenoxy) is 2. The largest absolute Gasteiger partial charge is 0.454 e. The van der Waals surface area contributed by atoms with Gasteiger partial charge in [0.1, 0.15) is 0 Å². The van der Waals surface area contributed by atoms with E-state index >= 15 is 0 Å². The topological polar surface area (TPSA) is 55.8 Å². The van der Waals surface area contributed by atoms with Crippen LogP contribution in [0.15, 0.2) is 47.4 Å². The zero-order chi connectivity index (χ0) is 16.7. The van der Waals surface area contributed by atoms with E-state index in [1.807, 2.05) is 6.07 Å². The summed E-state index contributed by atoms with van der Waals surface area (Å²) < 4.78 is 10.6. The summed E-state index contributed by atoms with van der Waals surface area (Å²) in [6.45, 7) is 0.139. The van der Waals surface area contributed by atoms with Gasteiger partial charge in [-0.2, -0.15) is 0 Å². The molecule has 24 heavy (non-hydrogen) atoms. The van der Waals surface area contributed by atoms with E-state index in [-0.39, 0.29) is 17.9 Å². The van der Waals surface area contributed by atoms with E-state index in [2.05, 4.69) is 0 Å². The van der Waals surface area contributed by atoms with Crippen molar-refractivity contribution in [2.45, 2.75) is 0 Å². The second kappa shape index (κ2) is 5.89. The summed E-state index contributed by atoms with van der Waals surface area (Å²) in [5.74, 6) is 0.757. The molecule has 5 nitrogen and oxygen atoms in total. The lowest BCUT2D eigenvalue weighted by Gasteiger charge is -2.11. The van der Waals surface area contributed by atoms with Crippen molar-refractivity contribution >= 4 is 46.3 Å². The first-order valence-corrected chi connectivity index (χ1v) is 8.25. The number of rotatable bonds is 2. The normalized spacial score (nSPS) is 17.9.